The molecule has 10 heteroatoms. The van der Waals surface area contributed by atoms with E-state index in [2.05, 4.69) is 22.6 Å². The number of hydroxylamine groups is 1. The maximum Gasteiger partial charge on any atom is 0.224 e. The summed E-state index contributed by atoms with van der Waals surface area (Å²) in [6, 6.07) is 21.7. The third-order valence-corrected chi connectivity index (χ3v) is 8.25. The van der Waals surface area contributed by atoms with Gasteiger partial charge in [0.25, 0.3) is 0 Å². The minimum atomic E-state index is -1.83. The predicted molar refractivity (Wildman–Crippen MR) is 153 cm³/mol. The fraction of sp³-hybridized carbons (Fsp3) is 0.406. The van der Waals surface area contributed by atoms with Crippen molar-refractivity contribution in [2.45, 2.75) is 42.6 Å². The number of nitrogens with zero attached hydrogens (tertiary/aromatic N) is 4. The fourth-order valence-electron chi connectivity index (χ4n) is 7.05. The Morgan fingerprint density at radius 3 is 2.36 bits per heavy atom. The molecule has 3 N–H and O–H groups in total. The highest BCUT2D eigenvalue weighted by atomic mass is 16.6. The van der Waals surface area contributed by atoms with Gasteiger partial charge in [0.2, 0.25) is 5.88 Å². The summed E-state index contributed by atoms with van der Waals surface area (Å²) in [4.78, 5) is 12.0. The molecular formula is C32H35N5O5. The number of pyridine rings is 1. The number of aliphatic hydroxyl groups is 2. The van der Waals surface area contributed by atoms with Gasteiger partial charge in [-0.3, -0.25) is 0 Å². The van der Waals surface area contributed by atoms with Gasteiger partial charge in [-0.15, -0.1) is 0 Å². The average molecular weight is 570 g/mol. The molecule has 1 aliphatic carbocycles. The molecule has 2 aromatic carbocycles. The van der Waals surface area contributed by atoms with Gasteiger partial charge in [-0.1, -0.05) is 42.5 Å². The molecule has 0 unspecified atom stereocenters. The third kappa shape index (κ3) is 4.58. The second-order valence-corrected chi connectivity index (χ2v) is 11.7. The fourth-order valence-corrected chi connectivity index (χ4v) is 7.05. The van der Waals surface area contributed by atoms with Crippen LogP contribution in [0, 0.1) is 28.6 Å². The van der Waals surface area contributed by atoms with Gasteiger partial charge in [0.05, 0.1) is 43.1 Å². The van der Waals surface area contributed by atoms with E-state index in [1.807, 2.05) is 42.3 Å². The zero-order chi connectivity index (χ0) is 30.3. The quantitative estimate of drug-likeness (QED) is 0.329. The van der Waals surface area contributed by atoms with E-state index >= 15 is 0 Å². The van der Waals surface area contributed by atoms with Crippen molar-refractivity contribution >= 4 is 0 Å². The minimum absolute atomic E-state index is 0.0716. The Kier molecular flexibility index (Phi) is 7.71. The Morgan fingerprint density at radius 2 is 1.79 bits per heavy atom. The van der Waals surface area contributed by atoms with Crippen LogP contribution in [0.2, 0.25) is 0 Å². The Balaban J connectivity index is 1.85. The molecule has 0 amide bonds. The van der Waals surface area contributed by atoms with E-state index in [1.165, 1.54) is 20.3 Å². The molecule has 1 saturated carbocycles. The smallest absolute Gasteiger partial charge is 0.224 e. The first-order chi connectivity index (χ1) is 20.0. The molecular weight excluding hydrogens is 534 g/mol. The summed E-state index contributed by atoms with van der Waals surface area (Å²) in [5.74, 6) is -0.496. The second-order valence-electron chi connectivity index (χ2n) is 11.7. The Bertz CT molecular complexity index is 1530. The normalized spacial score (nSPS) is 26.2. The van der Waals surface area contributed by atoms with Crippen LogP contribution in [0.15, 0.2) is 60.7 Å². The van der Waals surface area contributed by atoms with E-state index in [-0.39, 0.29) is 23.2 Å². The first kappa shape index (κ1) is 29.5. The van der Waals surface area contributed by atoms with Crippen molar-refractivity contribution in [1.82, 2.24) is 15.4 Å². The number of nitriles is 2. The van der Waals surface area contributed by atoms with Crippen molar-refractivity contribution in [3.63, 3.8) is 0 Å². The molecule has 2 aliphatic rings. The number of rotatable bonds is 9. The summed E-state index contributed by atoms with van der Waals surface area (Å²) in [5, 5.41) is 43.2. The van der Waals surface area contributed by atoms with Gasteiger partial charge in [-0.2, -0.15) is 16.0 Å². The van der Waals surface area contributed by atoms with Gasteiger partial charge in [0.1, 0.15) is 17.5 Å². The number of benzene rings is 2. The molecule has 3 aromatic rings. The predicted octanol–water partition coefficient (Wildman–Crippen LogP) is 2.94. The number of likely N-dealkylation sites (N-methyl/N-ethyl adjacent to an activating group) is 1. The standard InChI is InChI=1S/C32H35N5O5/c1-30(2,38)19-37(3)18-24-26(21-9-7-6-8-10-21)32(22-13-11-20(16-33)12-14-22)31(39,28(24)36-41-5)27-25(42-32)15-23(17-34)35-29(27)40-4/h6-15,24,26,28,36,38-39H,18-19H2,1-5H3/t24-,26-,28-,31+,32+/m1/s1. The molecule has 0 bridgehead atoms. The van der Waals surface area contributed by atoms with Gasteiger partial charge >= 0.3 is 0 Å². The van der Waals surface area contributed by atoms with Crippen LogP contribution >= 0.6 is 0 Å². The lowest BCUT2D eigenvalue weighted by Crippen LogP contribution is -2.56. The summed E-state index contributed by atoms with van der Waals surface area (Å²) in [6.45, 7) is 4.32. The highest BCUT2D eigenvalue weighted by molar-refractivity contribution is 5.60. The molecule has 42 heavy (non-hydrogen) atoms. The zero-order valence-electron chi connectivity index (χ0n) is 24.3. The molecule has 0 spiro atoms. The lowest BCUT2D eigenvalue weighted by molar-refractivity contribution is -0.137. The number of fused-ring (bicyclic) bond motifs is 3. The van der Waals surface area contributed by atoms with Crippen LogP contribution in [0.1, 0.15) is 47.7 Å². The minimum Gasteiger partial charge on any atom is -0.481 e. The lowest BCUT2D eigenvalue weighted by Gasteiger charge is -2.41. The summed E-state index contributed by atoms with van der Waals surface area (Å²) in [7, 11) is 4.85. The van der Waals surface area contributed by atoms with Crippen LogP contribution in [-0.2, 0) is 16.0 Å². The highest BCUT2D eigenvalue weighted by Crippen LogP contribution is 2.69. The largest absolute Gasteiger partial charge is 0.481 e. The van der Waals surface area contributed by atoms with Crippen LogP contribution in [0.25, 0.3) is 0 Å². The molecule has 0 radical (unpaired) electrons. The van der Waals surface area contributed by atoms with Crippen molar-refractivity contribution in [2.24, 2.45) is 5.92 Å². The van der Waals surface area contributed by atoms with Crippen molar-refractivity contribution < 1.29 is 24.5 Å². The Morgan fingerprint density at radius 1 is 1.10 bits per heavy atom. The number of hydrogen-bond donors (Lipinski definition) is 3. The summed E-state index contributed by atoms with van der Waals surface area (Å²) in [5.41, 5.74) is 1.21. The zero-order valence-corrected chi connectivity index (χ0v) is 24.3. The number of ether oxygens (including phenoxy) is 2. The van der Waals surface area contributed by atoms with E-state index in [0.29, 0.717) is 29.8 Å². The third-order valence-electron chi connectivity index (χ3n) is 8.25. The molecule has 5 atom stereocenters. The van der Waals surface area contributed by atoms with Crippen LogP contribution in [0.5, 0.6) is 11.6 Å². The Hall–Kier alpha value is -4.03. The Labute approximate surface area is 245 Å². The molecule has 0 saturated heterocycles. The SMILES string of the molecule is CON[C@@H]1[C@H](CN(C)CC(C)(C)O)[C@@H](c2ccccc2)[C@]2(c3ccc(C#N)cc3)Oc3cc(C#N)nc(OC)c3[C@]12O. The van der Waals surface area contributed by atoms with Crippen molar-refractivity contribution in [1.29, 1.82) is 10.5 Å². The van der Waals surface area contributed by atoms with E-state index < -0.39 is 28.8 Å². The molecule has 1 fully saturated rings. The van der Waals surface area contributed by atoms with E-state index in [4.69, 9.17) is 14.3 Å². The molecule has 1 aromatic heterocycles. The van der Waals surface area contributed by atoms with E-state index in [9.17, 15) is 20.7 Å². The lowest BCUT2D eigenvalue weighted by atomic mass is 9.70. The topological polar surface area (TPSA) is 144 Å². The monoisotopic (exact) mass is 569 g/mol. The van der Waals surface area contributed by atoms with Gasteiger partial charge in [-0.25, -0.2) is 4.98 Å². The van der Waals surface area contributed by atoms with Gasteiger partial charge < -0.3 is 29.4 Å². The van der Waals surface area contributed by atoms with E-state index in [1.54, 1.807) is 38.1 Å². The van der Waals surface area contributed by atoms with Crippen molar-refractivity contribution in [3.8, 4) is 23.8 Å². The number of methoxy groups -OCH3 is 1. The van der Waals surface area contributed by atoms with Crippen molar-refractivity contribution in [2.75, 3.05) is 34.4 Å². The average Bonchev–Trinajstić information content (AvgIpc) is 3.34. The first-order valence-electron chi connectivity index (χ1n) is 13.7. The van der Waals surface area contributed by atoms with Gasteiger partial charge in [0, 0.05) is 31.0 Å². The summed E-state index contributed by atoms with van der Waals surface area (Å²) < 4.78 is 12.6. The highest BCUT2D eigenvalue weighted by Gasteiger charge is 2.77. The van der Waals surface area contributed by atoms with E-state index in [0.717, 1.165) is 5.56 Å². The second kappa shape index (κ2) is 11.0. The molecule has 1 aliphatic heterocycles. The number of hydrogen-bond acceptors (Lipinski definition) is 10. The number of aromatic nitrogens is 1. The van der Waals surface area contributed by atoms with Crippen LogP contribution in [-0.4, -0.2) is 66.1 Å². The van der Waals surface area contributed by atoms with Crippen LogP contribution < -0.4 is 15.0 Å². The van der Waals surface area contributed by atoms with Crippen molar-refractivity contribution in [3.05, 3.63) is 88.6 Å². The van der Waals surface area contributed by atoms with Gasteiger partial charge in [0.15, 0.2) is 11.2 Å². The first-order valence-corrected chi connectivity index (χ1v) is 13.7. The summed E-state index contributed by atoms with van der Waals surface area (Å²) >= 11 is 0. The van der Waals surface area contributed by atoms with Crippen LogP contribution in [0.4, 0.5) is 0 Å². The maximum absolute atomic E-state index is 13.3. The molecule has 2 heterocycles. The van der Waals surface area contributed by atoms with Gasteiger partial charge in [-0.05, 0) is 44.2 Å². The molecule has 5 rings (SSSR count). The van der Waals surface area contributed by atoms with Crippen LogP contribution in [0.3, 0.4) is 0 Å². The number of nitrogens with one attached hydrogen (secondary N) is 1. The summed E-state index contributed by atoms with van der Waals surface area (Å²) in [6.07, 6.45) is 0. The maximum atomic E-state index is 13.3. The molecule has 10 nitrogen and oxygen atoms in total. The molecule has 218 valence electrons.